The molecule has 0 saturated heterocycles. The monoisotopic (exact) mass is 325 g/mol. The first kappa shape index (κ1) is 12.9. The van der Waals surface area contributed by atoms with E-state index < -0.39 is 0 Å². The van der Waals surface area contributed by atoms with Crippen LogP contribution in [0.5, 0.6) is 5.75 Å². The molecular formula is C14H16BrNO3. The van der Waals surface area contributed by atoms with Crippen LogP contribution >= 0.6 is 15.9 Å². The number of hydrogen-bond donors (Lipinski definition) is 1. The Morgan fingerprint density at radius 3 is 2.95 bits per heavy atom. The minimum atomic E-state index is -0.236. The highest BCUT2D eigenvalue weighted by Gasteiger charge is 2.39. The lowest BCUT2D eigenvalue weighted by Gasteiger charge is -2.24. The third-order valence-electron chi connectivity index (χ3n) is 3.66. The first-order valence-corrected chi connectivity index (χ1v) is 7.33. The lowest BCUT2D eigenvalue weighted by molar-refractivity contribution is -0.134. The van der Waals surface area contributed by atoms with Crippen LogP contribution in [0.3, 0.4) is 0 Å². The molecule has 1 aliphatic heterocycles. The number of aliphatic hydroxyl groups is 1. The molecular weight excluding hydrogens is 310 g/mol. The van der Waals surface area contributed by atoms with Crippen molar-refractivity contribution >= 4 is 21.8 Å². The molecule has 1 aliphatic carbocycles. The Morgan fingerprint density at radius 2 is 2.26 bits per heavy atom. The second kappa shape index (κ2) is 5.13. The molecule has 0 spiro atoms. The second-order valence-corrected chi connectivity index (χ2v) is 5.95. The molecule has 0 aromatic heterocycles. The third kappa shape index (κ3) is 2.49. The Bertz CT molecular complexity index is 501. The fraction of sp³-hybridized carbons (Fsp3) is 0.500. The molecule has 4 nitrogen and oxygen atoms in total. The zero-order chi connectivity index (χ0) is 13.4. The number of aliphatic hydroxyl groups excluding tert-OH is 1. The Balaban J connectivity index is 1.83. The Hall–Kier alpha value is -1.07. The van der Waals surface area contributed by atoms with E-state index in [2.05, 4.69) is 15.9 Å². The fourth-order valence-corrected chi connectivity index (χ4v) is 2.94. The first-order valence-electron chi connectivity index (χ1n) is 6.54. The summed E-state index contributed by atoms with van der Waals surface area (Å²) in [5.41, 5.74) is 0.947. The summed E-state index contributed by atoms with van der Waals surface area (Å²) >= 11 is 3.43. The summed E-state index contributed by atoms with van der Waals surface area (Å²) in [6, 6.07) is 6.07. The van der Waals surface area contributed by atoms with Crippen LogP contribution in [-0.4, -0.2) is 41.7 Å². The molecule has 2 aliphatic rings. The molecule has 19 heavy (non-hydrogen) atoms. The summed E-state index contributed by atoms with van der Waals surface area (Å²) in [6.45, 7) is 0.837. The van der Waals surface area contributed by atoms with Crippen LogP contribution in [0.4, 0.5) is 0 Å². The number of halogens is 1. The third-order valence-corrected chi connectivity index (χ3v) is 4.16. The summed E-state index contributed by atoms with van der Waals surface area (Å²) in [5.74, 6) is 0.634. The van der Waals surface area contributed by atoms with Gasteiger partial charge in [-0.25, -0.2) is 0 Å². The molecule has 102 valence electrons. The van der Waals surface area contributed by atoms with Gasteiger partial charge in [-0.1, -0.05) is 15.9 Å². The number of carbonyl (C=O) groups is 1. The van der Waals surface area contributed by atoms with E-state index in [1.54, 1.807) is 0 Å². The molecule has 0 bridgehead atoms. The fourth-order valence-electron chi connectivity index (χ4n) is 2.56. The highest BCUT2D eigenvalue weighted by atomic mass is 79.9. The van der Waals surface area contributed by atoms with Gasteiger partial charge in [0.05, 0.1) is 6.61 Å². The smallest absolute Gasteiger partial charge is 0.234 e. The molecule has 1 N–H and O–H groups in total. The van der Waals surface area contributed by atoms with Crippen molar-refractivity contribution in [1.82, 2.24) is 4.90 Å². The summed E-state index contributed by atoms with van der Waals surface area (Å²) in [6.07, 6.45) is 2.09. The number of rotatable bonds is 4. The van der Waals surface area contributed by atoms with Gasteiger partial charge in [0.2, 0.25) is 5.91 Å². The summed E-state index contributed by atoms with van der Waals surface area (Å²) in [5, 5.41) is 9.11. The maximum atomic E-state index is 12.6. The van der Waals surface area contributed by atoms with Crippen molar-refractivity contribution in [3.8, 4) is 5.75 Å². The van der Waals surface area contributed by atoms with E-state index in [-0.39, 0.29) is 18.4 Å². The number of carbonyl (C=O) groups excluding carboxylic acids is 1. The van der Waals surface area contributed by atoms with E-state index in [0.29, 0.717) is 19.2 Å². The van der Waals surface area contributed by atoms with Gasteiger partial charge in [0.25, 0.3) is 0 Å². The number of ether oxygens (including phenoxy) is 1. The van der Waals surface area contributed by atoms with E-state index in [0.717, 1.165) is 28.6 Å². The van der Waals surface area contributed by atoms with E-state index in [9.17, 15) is 4.79 Å². The van der Waals surface area contributed by atoms with Crippen LogP contribution in [0.1, 0.15) is 24.3 Å². The largest absolute Gasteiger partial charge is 0.492 e. The molecule has 1 fully saturated rings. The number of amides is 1. The van der Waals surface area contributed by atoms with Gasteiger partial charge < -0.3 is 14.7 Å². The Labute approximate surface area is 120 Å². The number of nitrogens with zero attached hydrogens (tertiary/aromatic N) is 1. The molecule has 1 atom stereocenters. The number of hydrogen-bond acceptors (Lipinski definition) is 3. The van der Waals surface area contributed by atoms with Crippen molar-refractivity contribution in [3.05, 3.63) is 28.2 Å². The zero-order valence-corrected chi connectivity index (χ0v) is 12.1. The van der Waals surface area contributed by atoms with Crippen molar-refractivity contribution < 1.29 is 14.6 Å². The highest BCUT2D eigenvalue weighted by molar-refractivity contribution is 9.10. The van der Waals surface area contributed by atoms with Crippen LogP contribution in [-0.2, 0) is 4.79 Å². The van der Waals surface area contributed by atoms with Gasteiger partial charge in [-0.2, -0.15) is 0 Å². The van der Waals surface area contributed by atoms with E-state index >= 15 is 0 Å². The molecule has 1 unspecified atom stereocenters. The molecule has 5 heteroatoms. The highest BCUT2D eigenvalue weighted by Crippen LogP contribution is 2.38. The van der Waals surface area contributed by atoms with Crippen molar-refractivity contribution in [2.24, 2.45) is 0 Å². The molecule has 1 aromatic rings. The minimum absolute atomic E-state index is 0.0150. The average molecular weight is 326 g/mol. The standard InChI is InChI=1S/C14H16BrNO3/c15-9-1-4-13-11(7-9)12(8-19-13)14(18)16(5-6-17)10-2-3-10/h1,4,7,10,12,17H,2-3,5-6,8H2. The number of fused-ring (bicyclic) bond motifs is 1. The van der Waals surface area contributed by atoms with Crippen LogP contribution in [0, 0.1) is 0 Å². The van der Waals surface area contributed by atoms with Crippen LogP contribution in [0.15, 0.2) is 22.7 Å². The van der Waals surface area contributed by atoms with Crippen LogP contribution in [0.25, 0.3) is 0 Å². The first-order chi connectivity index (χ1) is 9.20. The summed E-state index contributed by atoms with van der Waals surface area (Å²) in [7, 11) is 0. The average Bonchev–Trinajstić information content (AvgIpc) is 3.15. The minimum Gasteiger partial charge on any atom is -0.492 e. The lowest BCUT2D eigenvalue weighted by Crippen LogP contribution is -2.39. The molecule has 1 aromatic carbocycles. The van der Waals surface area contributed by atoms with Gasteiger partial charge in [-0.15, -0.1) is 0 Å². The molecule has 1 heterocycles. The van der Waals surface area contributed by atoms with Crippen molar-refractivity contribution in [1.29, 1.82) is 0 Å². The molecule has 3 rings (SSSR count). The predicted octanol–water partition coefficient (Wildman–Crippen LogP) is 1.91. The van der Waals surface area contributed by atoms with E-state index in [4.69, 9.17) is 9.84 Å². The maximum absolute atomic E-state index is 12.6. The van der Waals surface area contributed by atoms with Crippen LogP contribution in [0.2, 0.25) is 0 Å². The van der Waals surface area contributed by atoms with Gasteiger partial charge in [-0.3, -0.25) is 4.79 Å². The van der Waals surface area contributed by atoms with Crippen molar-refractivity contribution in [2.75, 3.05) is 19.8 Å². The van der Waals surface area contributed by atoms with Gasteiger partial charge in [0.15, 0.2) is 0 Å². The van der Waals surface area contributed by atoms with Crippen molar-refractivity contribution in [2.45, 2.75) is 24.8 Å². The summed E-state index contributed by atoms with van der Waals surface area (Å²) in [4.78, 5) is 14.4. The van der Waals surface area contributed by atoms with E-state index in [1.807, 2.05) is 23.1 Å². The SMILES string of the molecule is O=C(C1COc2ccc(Br)cc21)N(CCO)C1CC1. The van der Waals surface area contributed by atoms with Crippen LogP contribution < -0.4 is 4.74 Å². The van der Waals surface area contributed by atoms with Gasteiger partial charge in [-0.05, 0) is 31.0 Å². The Kier molecular flexibility index (Phi) is 3.50. The molecule has 1 amide bonds. The predicted molar refractivity (Wildman–Crippen MR) is 74.2 cm³/mol. The van der Waals surface area contributed by atoms with Gasteiger partial charge >= 0.3 is 0 Å². The second-order valence-electron chi connectivity index (χ2n) is 5.03. The maximum Gasteiger partial charge on any atom is 0.234 e. The van der Waals surface area contributed by atoms with Gasteiger partial charge in [0.1, 0.15) is 18.3 Å². The zero-order valence-electron chi connectivity index (χ0n) is 10.5. The normalized spacial score (nSPS) is 20.8. The van der Waals surface area contributed by atoms with Crippen molar-refractivity contribution in [3.63, 3.8) is 0 Å². The number of benzene rings is 1. The Morgan fingerprint density at radius 1 is 1.47 bits per heavy atom. The summed E-state index contributed by atoms with van der Waals surface area (Å²) < 4.78 is 6.54. The van der Waals surface area contributed by atoms with E-state index in [1.165, 1.54) is 0 Å². The molecule has 0 radical (unpaired) electrons. The topological polar surface area (TPSA) is 49.8 Å². The van der Waals surface area contributed by atoms with Gasteiger partial charge in [0, 0.05) is 22.6 Å². The lowest BCUT2D eigenvalue weighted by atomic mass is 9.99. The molecule has 1 saturated carbocycles. The quantitative estimate of drug-likeness (QED) is 0.920.